The number of allylic oxidation sites excluding steroid dienone is 2. The van der Waals surface area contributed by atoms with E-state index in [1.165, 1.54) is 0 Å². The molecule has 0 aliphatic carbocycles. The Bertz CT molecular complexity index is 745. The fraction of sp³-hybridized carbons (Fsp3) is 0.286. The van der Waals surface area contributed by atoms with Crippen LogP contribution in [0.4, 0.5) is 0 Å². The van der Waals surface area contributed by atoms with Gasteiger partial charge in [0.15, 0.2) is 5.78 Å². The standard InChI is InChI=1S/C21H24O3/c1-15-13-17(8-11-20(15)23)5-3-4-6-19(22)10-7-18-9-12-21(24)16(2)14-18/h4,6,8-9,11-14,23-24H,3,5,7,10H2,1-2H3/b6-4+. The first kappa shape index (κ1) is 17.8. The molecule has 24 heavy (non-hydrogen) atoms. The number of ketones is 1. The van der Waals surface area contributed by atoms with Gasteiger partial charge >= 0.3 is 0 Å². The molecule has 2 aromatic rings. The smallest absolute Gasteiger partial charge is 0.155 e. The van der Waals surface area contributed by atoms with E-state index in [4.69, 9.17) is 0 Å². The van der Waals surface area contributed by atoms with Crippen LogP contribution in [0, 0.1) is 13.8 Å². The predicted molar refractivity (Wildman–Crippen MR) is 96.5 cm³/mol. The molecule has 0 atom stereocenters. The Labute approximate surface area is 143 Å². The Morgan fingerprint density at radius 2 is 1.46 bits per heavy atom. The van der Waals surface area contributed by atoms with Crippen molar-refractivity contribution in [2.75, 3.05) is 0 Å². The Morgan fingerprint density at radius 3 is 2.00 bits per heavy atom. The summed E-state index contributed by atoms with van der Waals surface area (Å²) in [5.41, 5.74) is 3.92. The topological polar surface area (TPSA) is 57.5 Å². The van der Waals surface area contributed by atoms with Crippen molar-refractivity contribution in [3.05, 3.63) is 70.8 Å². The third-order valence-electron chi connectivity index (χ3n) is 4.09. The largest absolute Gasteiger partial charge is 0.508 e. The summed E-state index contributed by atoms with van der Waals surface area (Å²) in [5.74, 6) is 0.714. The van der Waals surface area contributed by atoms with Crippen LogP contribution in [0.15, 0.2) is 48.6 Å². The Hall–Kier alpha value is -2.55. The van der Waals surface area contributed by atoms with Crippen LogP contribution in [0.2, 0.25) is 0 Å². The first-order chi connectivity index (χ1) is 11.5. The van der Waals surface area contributed by atoms with Crippen LogP contribution < -0.4 is 0 Å². The van der Waals surface area contributed by atoms with E-state index < -0.39 is 0 Å². The molecule has 3 heteroatoms. The number of phenols is 2. The average Bonchev–Trinajstić information content (AvgIpc) is 2.56. The lowest BCUT2D eigenvalue weighted by molar-refractivity contribution is -0.114. The summed E-state index contributed by atoms with van der Waals surface area (Å²) in [5, 5.41) is 19.0. The summed E-state index contributed by atoms with van der Waals surface area (Å²) in [6.45, 7) is 3.73. The number of aromatic hydroxyl groups is 2. The molecule has 0 fully saturated rings. The monoisotopic (exact) mass is 324 g/mol. The zero-order valence-corrected chi connectivity index (χ0v) is 14.2. The molecule has 2 rings (SSSR count). The molecular formula is C21H24O3. The molecule has 0 aliphatic rings. The number of carbonyl (C=O) groups is 1. The first-order valence-corrected chi connectivity index (χ1v) is 8.22. The Kier molecular flexibility index (Phi) is 6.19. The molecule has 0 spiro atoms. The molecule has 2 aromatic carbocycles. The van der Waals surface area contributed by atoms with Gasteiger partial charge in [-0.1, -0.05) is 30.3 Å². The summed E-state index contributed by atoms with van der Waals surface area (Å²) >= 11 is 0. The fourth-order valence-electron chi connectivity index (χ4n) is 2.56. The van der Waals surface area contributed by atoms with Gasteiger partial charge in [0.2, 0.25) is 0 Å². The molecule has 0 amide bonds. The van der Waals surface area contributed by atoms with Crippen molar-refractivity contribution in [3.63, 3.8) is 0 Å². The van der Waals surface area contributed by atoms with Crippen LogP contribution in [0.25, 0.3) is 0 Å². The van der Waals surface area contributed by atoms with Crippen molar-refractivity contribution in [2.45, 2.75) is 39.5 Å². The van der Waals surface area contributed by atoms with Crippen molar-refractivity contribution in [3.8, 4) is 11.5 Å². The molecule has 0 radical (unpaired) electrons. The predicted octanol–water partition coefficient (Wildman–Crippen LogP) is 4.41. The lowest BCUT2D eigenvalue weighted by Gasteiger charge is -2.03. The summed E-state index contributed by atoms with van der Waals surface area (Å²) in [6, 6.07) is 11.0. The second-order valence-corrected chi connectivity index (χ2v) is 6.15. The minimum atomic E-state index is 0.114. The molecule has 0 heterocycles. The van der Waals surface area contributed by atoms with Crippen LogP contribution in [0.1, 0.15) is 35.1 Å². The number of phenolic OH excluding ortho intramolecular Hbond substituents is 2. The summed E-state index contributed by atoms with van der Waals surface area (Å²) in [6.07, 6.45) is 6.37. The van der Waals surface area contributed by atoms with Crippen molar-refractivity contribution in [2.24, 2.45) is 0 Å². The van der Waals surface area contributed by atoms with E-state index in [0.717, 1.165) is 35.1 Å². The van der Waals surface area contributed by atoms with Gasteiger partial charge in [0.05, 0.1) is 0 Å². The molecule has 126 valence electrons. The third kappa shape index (κ3) is 5.27. The summed E-state index contributed by atoms with van der Waals surface area (Å²) in [7, 11) is 0. The van der Waals surface area contributed by atoms with Crippen LogP contribution in [0.5, 0.6) is 11.5 Å². The van der Waals surface area contributed by atoms with Crippen LogP contribution in [-0.4, -0.2) is 16.0 Å². The van der Waals surface area contributed by atoms with Crippen molar-refractivity contribution in [1.29, 1.82) is 0 Å². The molecule has 0 aliphatic heterocycles. The quantitative estimate of drug-likeness (QED) is 0.742. The van der Waals surface area contributed by atoms with Crippen LogP contribution in [-0.2, 0) is 17.6 Å². The summed E-state index contributed by atoms with van der Waals surface area (Å²) in [4.78, 5) is 11.9. The Morgan fingerprint density at radius 1 is 0.917 bits per heavy atom. The molecule has 0 saturated carbocycles. The average molecular weight is 324 g/mol. The number of aryl methyl sites for hydroxylation is 4. The normalized spacial score (nSPS) is 11.1. The number of hydrogen-bond donors (Lipinski definition) is 2. The maximum absolute atomic E-state index is 11.9. The van der Waals surface area contributed by atoms with Gasteiger partial charge in [-0.15, -0.1) is 0 Å². The van der Waals surface area contributed by atoms with Crippen molar-refractivity contribution < 1.29 is 15.0 Å². The molecule has 3 nitrogen and oxygen atoms in total. The summed E-state index contributed by atoms with van der Waals surface area (Å²) < 4.78 is 0. The van der Waals surface area contributed by atoms with Gasteiger partial charge in [0, 0.05) is 6.42 Å². The van der Waals surface area contributed by atoms with Gasteiger partial charge in [0.1, 0.15) is 11.5 Å². The second-order valence-electron chi connectivity index (χ2n) is 6.15. The van der Waals surface area contributed by atoms with E-state index in [2.05, 4.69) is 0 Å². The molecular weight excluding hydrogens is 300 g/mol. The van der Waals surface area contributed by atoms with Gasteiger partial charge in [0.25, 0.3) is 0 Å². The van der Waals surface area contributed by atoms with E-state index in [1.807, 2.05) is 44.2 Å². The second kappa shape index (κ2) is 8.34. The van der Waals surface area contributed by atoms with Gasteiger partial charge in [-0.2, -0.15) is 0 Å². The van der Waals surface area contributed by atoms with E-state index in [0.29, 0.717) is 18.6 Å². The molecule has 0 aromatic heterocycles. The highest BCUT2D eigenvalue weighted by Crippen LogP contribution is 2.19. The highest BCUT2D eigenvalue weighted by molar-refractivity contribution is 5.89. The van der Waals surface area contributed by atoms with Gasteiger partial charge < -0.3 is 10.2 Å². The minimum absolute atomic E-state index is 0.114. The maximum atomic E-state index is 11.9. The van der Waals surface area contributed by atoms with Crippen molar-refractivity contribution >= 4 is 5.78 Å². The van der Waals surface area contributed by atoms with Gasteiger partial charge in [-0.25, -0.2) is 0 Å². The fourth-order valence-corrected chi connectivity index (χ4v) is 2.56. The lowest BCUT2D eigenvalue weighted by Crippen LogP contribution is -1.96. The van der Waals surface area contributed by atoms with Gasteiger partial charge in [-0.3, -0.25) is 4.79 Å². The zero-order chi connectivity index (χ0) is 17.5. The minimum Gasteiger partial charge on any atom is -0.508 e. The highest BCUT2D eigenvalue weighted by Gasteiger charge is 2.02. The van der Waals surface area contributed by atoms with E-state index in [9.17, 15) is 15.0 Å². The number of hydrogen-bond acceptors (Lipinski definition) is 3. The van der Waals surface area contributed by atoms with Crippen molar-refractivity contribution in [1.82, 2.24) is 0 Å². The number of rotatable bonds is 7. The molecule has 0 saturated heterocycles. The number of carbonyl (C=O) groups excluding carboxylic acids is 1. The first-order valence-electron chi connectivity index (χ1n) is 8.22. The third-order valence-corrected chi connectivity index (χ3v) is 4.09. The maximum Gasteiger partial charge on any atom is 0.155 e. The van der Waals surface area contributed by atoms with Crippen LogP contribution >= 0.6 is 0 Å². The Balaban J connectivity index is 1.76. The lowest BCUT2D eigenvalue weighted by atomic mass is 10.0. The zero-order valence-electron chi connectivity index (χ0n) is 14.2. The molecule has 0 bridgehead atoms. The van der Waals surface area contributed by atoms with E-state index >= 15 is 0 Å². The highest BCUT2D eigenvalue weighted by atomic mass is 16.3. The van der Waals surface area contributed by atoms with E-state index in [-0.39, 0.29) is 11.5 Å². The molecule has 2 N–H and O–H groups in total. The van der Waals surface area contributed by atoms with Gasteiger partial charge in [-0.05, 0) is 73.6 Å². The SMILES string of the molecule is Cc1cc(CC/C=C/C(=O)CCc2ccc(O)c(C)c2)ccc1O. The molecule has 0 unspecified atom stereocenters. The van der Waals surface area contributed by atoms with E-state index in [1.54, 1.807) is 18.2 Å². The number of benzene rings is 2. The van der Waals surface area contributed by atoms with Crippen LogP contribution in [0.3, 0.4) is 0 Å².